The maximum absolute atomic E-state index is 8.79. The third-order valence-corrected chi connectivity index (χ3v) is 4.49. The van der Waals surface area contributed by atoms with Crippen molar-refractivity contribution in [2.75, 3.05) is 20.8 Å². The summed E-state index contributed by atoms with van der Waals surface area (Å²) < 4.78 is 10.5. The fourth-order valence-corrected chi connectivity index (χ4v) is 2.90. The van der Waals surface area contributed by atoms with E-state index in [1.54, 1.807) is 26.4 Å². The number of rotatable bonds is 7. The van der Waals surface area contributed by atoms with Gasteiger partial charge in [-0.3, -0.25) is 4.99 Å². The van der Waals surface area contributed by atoms with Crippen molar-refractivity contribution in [3.8, 4) is 17.6 Å². The van der Waals surface area contributed by atoms with Crippen LogP contribution in [-0.2, 0) is 12.2 Å². The molecule has 0 saturated heterocycles. The fourth-order valence-electron chi connectivity index (χ4n) is 2.21. The minimum absolute atomic E-state index is 0.560. The largest absolute Gasteiger partial charge is 0.493 e. The Morgan fingerprint density at radius 1 is 1.08 bits per heavy atom. The summed E-state index contributed by atoms with van der Waals surface area (Å²) in [7, 11) is 3.24. The number of hydrogen-bond donors (Lipinski definition) is 1. The molecule has 130 valence electrons. The number of nitrogens with two attached hydrogens (primary N) is 1. The second-order valence-electron chi connectivity index (χ2n) is 5.26. The van der Waals surface area contributed by atoms with Gasteiger partial charge in [0.1, 0.15) is 0 Å². The highest BCUT2D eigenvalue weighted by atomic mass is 32.2. The van der Waals surface area contributed by atoms with E-state index in [0.717, 1.165) is 23.3 Å². The van der Waals surface area contributed by atoms with Gasteiger partial charge in [0.2, 0.25) is 0 Å². The van der Waals surface area contributed by atoms with Gasteiger partial charge in [-0.2, -0.15) is 5.26 Å². The van der Waals surface area contributed by atoms with Crippen molar-refractivity contribution < 1.29 is 9.47 Å². The van der Waals surface area contributed by atoms with Crippen molar-refractivity contribution in [3.63, 3.8) is 0 Å². The molecular weight excluding hydrogens is 334 g/mol. The number of amidine groups is 1. The molecule has 0 aliphatic rings. The van der Waals surface area contributed by atoms with Gasteiger partial charge in [-0.25, -0.2) is 0 Å². The molecular formula is C19H21N3O2S. The zero-order chi connectivity index (χ0) is 18.1. The first kappa shape index (κ1) is 18.7. The monoisotopic (exact) mass is 355 g/mol. The Hall–Kier alpha value is -2.65. The lowest BCUT2D eigenvalue weighted by molar-refractivity contribution is 0.354. The summed E-state index contributed by atoms with van der Waals surface area (Å²) in [5, 5.41) is 9.35. The summed E-state index contributed by atoms with van der Waals surface area (Å²) in [5.74, 6) is 2.16. The van der Waals surface area contributed by atoms with Crippen LogP contribution >= 0.6 is 11.8 Å². The van der Waals surface area contributed by atoms with E-state index in [1.165, 1.54) is 11.8 Å². The molecule has 0 fully saturated rings. The Labute approximate surface area is 152 Å². The molecule has 0 radical (unpaired) electrons. The Morgan fingerprint density at radius 2 is 1.76 bits per heavy atom. The second kappa shape index (κ2) is 9.60. The molecule has 0 amide bonds. The van der Waals surface area contributed by atoms with Gasteiger partial charge in [-0.05, 0) is 41.8 Å². The van der Waals surface area contributed by atoms with Gasteiger partial charge in [0.15, 0.2) is 16.7 Å². The van der Waals surface area contributed by atoms with Crippen LogP contribution in [0.3, 0.4) is 0 Å². The quantitative estimate of drug-likeness (QED) is 0.608. The molecule has 6 heteroatoms. The molecule has 0 heterocycles. The molecule has 0 bridgehead atoms. The minimum atomic E-state index is 0.560. The SMILES string of the molecule is COc1ccc(CCN=C(N)SCc2ccc(C#N)cc2)cc1OC. The van der Waals surface area contributed by atoms with Gasteiger partial charge in [0.25, 0.3) is 0 Å². The molecule has 2 N–H and O–H groups in total. The highest BCUT2D eigenvalue weighted by Gasteiger charge is 2.04. The van der Waals surface area contributed by atoms with E-state index >= 15 is 0 Å². The third-order valence-electron chi connectivity index (χ3n) is 3.59. The van der Waals surface area contributed by atoms with Gasteiger partial charge in [0, 0.05) is 12.3 Å². The van der Waals surface area contributed by atoms with E-state index in [4.69, 9.17) is 20.5 Å². The van der Waals surface area contributed by atoms with E-state index in [0.29, 0.717) is 28.8 Å². The number of benzene rings is 2. The zero-order valence-electron chi connectivity index (χ0n) is 14.4. The van der Waals surface area contributed by atoms with Crippen LogP contribution in [0.25, 0.3) is 0 Å². The molecule has 2 rings (SSSR count). The first-order chi connectivity index (χ1) is 12.2. The van der Waals surface area contributed by atoms with Gasteiger partial charge in [-0.15, -0.1) is 0 Å². The van der Waals surface area contributed by atoms with Crippen molar-refractivity contribution in [2.24, 2.45) is 10.7 Å². The summed E-state index contributed by atoms with van der Waals surface area (Å²) in [6, 6.07) is 15.4. The van der Waals surface area contributed by atoms with E-state index in [2.05, 4.69) is 11.1 Å². The van der Waals surface area contributed by atoms with Crippen LogP contribution in [0, 0.1) is 11.3 Å². The molecule has 2 aromatic carbocycles. The number of nitriles is 1. The molecule has 0 unspecified atom stereocenters. The van der Waals surface area contributed by atoms with Crippen LogP contribution in [0.5, 0.6) is 11.5 Å². The van der Waals surface area contributed by atoms with Gasteiger partial charge < -0.3 is 15.2 Å². The molecule has 0 atom stereocenters. The molecule has 0 aliphatic heterocycles. The predicted molar refractivity (Wildman–Crippen MR) is 102 cm³/mol. The zero-order valence-corrected chi connectivity index (χ0v) is 15.2. The maximum atomic E-state index is 8.79. The number of ether oxygens (including phenoxy) is 2. The lowest BCUT2D eigenvalue weighted by Crippen LogP contribution is -2.08. The van der Waals surface area contributed by atoms with Crippen LogP contribution in [-0.4, -0.2) is 25.9 Å². The third kappa shape index (κ3) is 5.73. The lowest BCUT2D eigenvalue weighted by Gasteiger charge is -2.09. The van der Waals surface area contributed by atoms with Crippen molar-refractivity contribution in [1.82, 2.24) is 0 Å². The summed E-state index contributed by atoms with van der Waals surface area (Å²) in [4.78, 5) is 4.40. The second-order valence-corrected chi connectivity index (χ2v) is 6.25. The first-order valence-electron chi connectivity index (χ1n) is 7.79. The van der Waals surface area contributed by atoms with Crippen LogP contribution in [0.1, 0.15) is 16.7 Å². The molecule has 0 spiro atoms. The lowest BCUT2D eigenvalue weighted by atomic mass is 10.1. The molecule has 0 aromatic heterocycles. The minimum Gasteiger partial charge on any atom is -0.493 e. The topological polar surface area (TPSA) is 80.6 Å². The number of aliphatic imine (C=N–C) groups is 1. The Balaban J connectivity index is 1.83. The number of hydrogen-bond acceptors (Lipinski definition) is 5. The maximum Gasteiger partial charge on any atom is 0.160 e. The van der Waals surface area contributed by atoms with Crippen molar-refractivity contribution in [3.05, 3.63) is 59.2 Å². The Bertz CT molecular complexity index is 767. The highest BCUT2D eigenvalue weighted by molar-refractivity contribution is 8.13. The van der Waals surface area contributed by atoms with Crippen LogP contribution in [0.2, 0.25) is 0 Å². The summed E-state index contributed by atoms with van der Waals surface area (Å²) in [5.41, 5.74) is 8.85. The van der Waals surface area contributed by atoms with Crippen LogP contribution in [0.4, 0.5) is 0 Å². The standard InChI is InChI=1S/C19H21N3O2S/c1-23-17-8-7-14(11-18(17)24-2)9-10-22-19(21)25-13-16-5-3-15(12-20)4-6-16/h3-8,11H,9-10,13H2,1-2H3,(H2,21,22). The highest BCUT2D eigenvalue weighted by Crippen LogP contribution is 2.27. The summed E-state index contributed by atoms with van der Waals surface area (Å²) in [6.07, 6.45) is 0.776. The van der Waals surface area contributed by atoms with E-state index in [9.17, 15) is 0 Å². The van der Waals surface area contributed by atoms with Gasteiger partial charge in [0.05, 0.1) is 25.9 Å². The fraction of sp³-hybridized carbons (Fsp3) is 0.263. The average Bonchev–Trinajstić information content (AvgIpc) is 2.66. The average molecular weight is 355 g/mol. The Kier molecular flexibility index (Phi) is 7.17. The van der Waals surface area contributed by atoms with Crippen molar-refractivity contribution in [2.45, 2.75) is 12.2 Å². The normalized spacial score (nSPS) is 11.0. The molecule has 25 heavy (non-hydrogen) atoms. The Morgan fingerprint density at radius 3 is 2.40 bits per heavy atom. The summed E-state index contributed by atoms with van der Waals surface area (Å²) in [6.45, 7) is 0.613. The van der Waals surface area contributed by atoms with Crippen molar-refractivity contribution >= 4 is 16.9 Å². The number of methoxy groups -OCH3 is 2. The van der Waals surface area contributed by atoms with E-state index in [1.807, 2.05) is 30.3 Å². The van der Waals surface area contributed by atoms with Crippen LogP contribution < -0.4 is 15.2 Å². The van der Waals surface area contributed by atoms with E-state index < -0.39 is 0 Å². The van der Waals surface area contributed by atoms with Gasteiger partial charge in [-0.1, -0.05) is 30.0 Å². The van der Waals surface area contributed by atoms with Gasteiger partial charge >= 0.3 is 0 Å². The predicted octanol–water partition coefficient (Wildman–Crippen LogP) is 3.37. The molecule has 0 aliphatic carbocycles. The molecule has 2 aromatic rings. The number of thioether (sulfide) groups is 1. The first-order valence-corrected chi connectivity index (χ1v) is 8.77. The molecule has 0 saturated carbocycles. The summed E-state index contributed by atoms with van der Waals surface area (Å²) >= 11 is 1.49. The van der Waals surface area contributed by atoms with Crippen LogP contribution in [0.15, 0.2) is 47.5 Å². The number of nitrogens with zero attached hydrogens (tertiary/aromatic N) is 2. The van der Waals surface area contributed by atoms with E-state index in [-0.39, 0.29) is 0 Å². The molecule has 5 nitrogen and oxygen atoms in total. The smallest absolute Gasteiger partial charge is 0.160 e. The van der Waals surface area contributed by atoms with Crippen molar-refractivity contribution in [1.29, 1.82) is 5.26 Å².